The number of amides is 3. The van der Waals surface area contributed by atoms with Crippen LogP contribution in [0.2, 0.25) is 0 Å². The second-order valence-corrected chi connectivity index (χ2v) is 4.41. The zero-order valence-corrected chi connectivity index (χ0v) is 11.5. The van der Waals surface area contributed by atoms with Crippen LogP contribution < -0.4 is 15.4 Å². The largest absolute Gasteiger partial charge is 0.483 e. The van der Waals surface area contributed by atoms with Crippen molar-refractivity contribution in [2.24, 2.45) is 0 Å². The average Bonchev–Trinajstić information content (AvgIpc) is 2.34. The van der Waals surface area contributed by atoms with E-state index in [1.54, 1.807) is 13.8 Å². The average molecular weight is 298 g/mol. The summed E-state index contributed by atoms with van der Waals surface area (Å²) >= 11 is 0. The molecule has 21 heavy (non-hydrogen) atoms. The summed E-state index contributed by atoms with van der Waals surface area (Å²) in [5, 5.41) is 13.3. The minimum absolute atomic E-state index is 0.152. The summed E-state index contributed by atoms with van der Waals surface area (Å²) in [7, 11) is 0. The summed E-state index contributed by atoms with van der Waals surface area (Å²) in [5.41, 5.74) is -0.282. The van der Waals surface area contributed by atoms with Crippen molar-refractivity contribution < 1.29 is 28.6 Å². The Kier molecular flexibility index (Phi) is 5.65. The SMILES string of the molecule is CC(C)NC(=O)NC(=O)COc1cc(F)ccc1C(=O)O. The number of aromatic carboxylic acids is 1. The number of halogens is 1. The Bertz CT molecular complexity index is 559. The van der Waals surface area contributed by atoms with Crippen LogP contribution in [0.4, 0.5) is 9.18 Å². The van der Waals surface area contributed by atoms with E-state index in [1.807, 2.05) is 5.32 Å². The lowest BCUT2D eigenvalue weighted by atomic mass is 10.2. The first-order valence-electron chi connectivity index (χ1n) is 6.05. The van der Waals surface area contributed by atoms with Crippen molar-refractivity contribution in [2.45, 2.75) is 19.9 Å². The fraction of sp³-hybridized carbons (Fsp3) is 0.308. The Morgan fingerprint density at radius 2 is 2.00 bits per heavy atom. The van der Waals surface area contributed by atoms with Crippen LogP contribution >= 0.6 is 0 Å². The summed E-state index contributed by atoms with van der Waals surface area (Å²) in [6.45, 7) is 2.81. The highest BCUT2D eigenvalue weighted by atomic mass is 19.1. The van der Waals surface area contributed by atoms with Gasteiger partial charge in [-0.1, -0.05) is 0 Å². The van der Waals surface area contributed by atoms with E-state index >= 15 is 0 Å². The molecule has 0 aliphatic rings. The molecule has 0 heterocycles. The van der Waals surface area contributed by atoms with Crippen LogP contribution in [0, 0.1) is 5.82 Å². The number of nitrogens with one attached hydrogen (secondary N) is 2. The molecular formula is C13H15FN2O5. The van der Waals surface area contributed by atoms with Gasteiger partial charge in [-0.2, -0.15) is 0 Å². The lowest BCUT2D eigenvalue weighted by molar-refractivity contribution is -0.122. The smallest absolute Gasteiger partial charge is 0.339 e. The maximum Gasteiger partial charge on any atom is 0.339 e. The molecule has 1 aromatic rings. The number of hydrogen-bond acceptors (Lipinski definition) is 4. The second kappa shape index (κ2) is 7.22. The van der Waals surface area contributed by atoms with Gasteiger partial charge in [-0.25, -0.2) is 14.0 Å². The van der Waals surface area contributed by atoms with Crippen LogP contribution in [0.3, 0.4) is 0 Å². The van der Waals surface area contributed by atoms with Gasteiger partial charge in [0, 0.05) is 12.1 Å². The molecule has 0 aliphatic heterocycles. The van der Waals surface area contributed by atoms with Gasteiger partial charge in [-0.15, -0.1) is 0 Å². The van der Waals surface area contributed by atoms with Crippen molar-refractivity contribution in [3.05, 3.63) is 29.6 Å². The molecule has 0 unspecified atom stereocenters. The predicted molar refractivity (Wildman–Crippen MR) is 70.7 cm³/mol. The highest BCUT2D eigenvalue weighted by Crippen LogP contribution is 2.19. The third-order valence-electron chi connectivity index (χ3n) is 2.21. The zero-order chi connectivity index (χ0) is 16.0. The third-order valence-corrected chi connectivity index (χ3v) is 2.21. The molecule has 0 saturated carbocycles. The quantitative estimate of drug-likeness (QED) is 0.756. The van der Waals surface area contributed by atoms with E-state index in [0.717, 1.165) is 18.2 Å². The predicted octanol–water partition coefficient (Wildman–Crippen LogP) is 1.14. The number of rotatable bonds is 5. The molecule has 0 fully saturated rings. The molecule has 8 heteroatoms. The summed E-state index contributed by atoms with van der Waals surface area (Å²) < 4.78 is 18.0. The summed E-state index contributed by atoms with van der Waals surface area (Å²) in [6, 6.07) is 1.99. The second-order valence-electron chi connectivity index (χ2n) is 4.41. The van der Waals surface area contributed by atoms with E-state index in [4.69, 9.17) is 9.84 Å². The Morgan fingerprint density at radius 3 is 2.57 bits per heavy atom. The van der Waals surface area contributed by atoms with Crippen LogP contribution in [0.15, 0.2) is 18.2 Å². The van der Waals surface area contributed by atoms with Crippen molar-refractivity contribution >= 4 is 17.9 Å². The number of ether oxygens (including phenoxy) is 1. The lowest BCUT2D eigenvalue weighted by Gasteiger charge is -2.11. The number of carboxylic acid groups (broad SMARTS) is 1. The van der Waals surface area contributed by atoms with Gasteiger partial charge in [0.15, 0.2) is 6.61 Å². The molecule has 1 aromatic carbocycles. The topological polar surface area (TPSA) is 105 Å². The molecular weight excluding hydrogens is 283 g/mol. The van der Waals surface area contributed by atoms with Gasteiger partial charge in [0.05, 0.1) is 0 Å². The summed E-state index contributed by atoms with van der Waals surface area (Å²) in [6.07, 6.45) is 0. The zero-order valence-electron chi connectivity index (χ0n) is 11.5. The number of carbonyl (C=O) groups is 3. The summed E-state index contributed by atoms with van der Waals surface area (Å²) in [4.78, 5) is 33.6. The van der Waals surface area contributed by atoms with Crippen LogP contribution in [0.5, 0.6) is 5.75 Å². The molecule has 1 rings (SSSR count). The van der Waals surface area contributed by atoms with Crippen LogP contribution in [-0.4, -0.2) is 35.7 Å². The Labute approximate surface area is 120 Å². The van der Waals surface area contributed by atoms with Gasteiger partial charge in [0.1, 0.15) is 17.1 Å². The number of benzene rings is 1. The van der Waals surface area contributed by atoms with E-state index in [-0.39, 0.29) is 17.4 Å². The van der Waals surface area contributed by atoms with Crippen molar-refractivity contribution in [1.82, 2.24) is 10.6 Å². The van der Waals surface area contributed by atoms with E-state index in [0.29, 0.717) is 0 Å². The summed E-state index contributed by atoms with van der Waals surface area (Å²) in [5.74, 6) is -3.09. The molecule has 0 atom stereocenters. The maximum atomic E-state index is 13.1. The van der Waals surface area contributed by atoms with Crippen LogP contribution in [-0.2, 0) is 4.79 Å². The van der Waals surface area contributed by atoms with E-state index in [2.05, 4.69) is 5.32 Å². The molecule has 0 spiro atoms. The number of urea groups is 1. The van der Waals surface area contributed by atoms with E-state index < -0.39 is 30.3 Å². The maximum absolute atomic E-state index is 13.1. The Morgan fingerprint density at radius 1 is 1.33 bits per heavy atom. The van der Waals surface area contributed by atoms with Gasteiger partial charge in [-0.05, 0) is 26.0 Å². The normalized spacial score (nSPS) is 10.1. The van der Waals surface area contributed by atoms with Gasteiger partial charge in [0.2, 0.25) is 0 Å². The minimum atomic E-state index is -1.32. The highest BCUT2D eigenvalue weighted by molar-refractivity contribution is 5.95. The van der Waals surface area contributed by atoms with E-state index in [1.165, 1.54) is 0 Å². The Hall–Kier alpha value is -2.64. The van der Waals surface area contributed by atoms with Crippen molar-refractivity contribution in [1.29, 1.82) is 0 Å². The standard InChI is InChI=1S/C13H15FN2O5/c1-7(2)15-13(20)16-11(17)6-21-10-5-8(14)3-4-9(10)12(18)19/h3-5,7H,6H2,1-2H3,(H,18,19)(H2,15,16,17,20). The van der Waals surface area contributed by atoms with Gasteiger partial charge in [0.25, 0.3) is 5.91 Å². The molecule has 114 valence electrons. The highest BCUT2D eigenvalue weighted by Gasteiger charge is 2.15. The fourth-order valence-corrected chi connectivity index (χ4v) is 1.40. The first-order chi connectivity index (χ1) is 9.79. The number of carbonyl (C=O) groups excluding carboxylic acids is 2. The van der Waals surface area contributed by atoms with Crippen molar-refractivity contribution in [3.63, 3.8) is 0 Å². The van der Waals surface area contributed by atoms with Gasteiger partial charge >= 0.3 is 12.0 Å². The molecule has 3 N–H and O–H groups in total. The van der Waals surface area contributed by atoms with E-state index in [9.17, 15) is 18.8 Å². The first kappa shape index (κ1) is 16.4. The number of hydrogen-bond donors (Lipinski definition) is 3. The number of carboxylic acids is 1. The van der Waals surface area contributed by atoms with Crippen LogP contribution in [0.25, 0.3) is 0 Å². The third kappa shape index (κ3) is 5.47. The van der Waals surface area contributed by atoms with Crippen molar-refractivity contribution in [3.8, 4) is 5.75 Å². The fourth-order valence-electron chi connectivity index (χ4n) is 1.40. The molecule has 7 nitrogen and oxygen atoms in total. The molecule has 0 aromatic heterocycles. The minimum Gasteiger partial charge on any atom is -0.483 e. The number of imide groups is 1. The molecule has 0 radical (unpaired) electrons. The molecule has 0 bridgehead atoms. The van der Waals surface area contributed by atoms with Crippen LogP contribution in [0.1, 0.15) is 24.2 Å². The van der Waals surface area contributed by atoms with Gasteiger partial charge in [-0.3, -0.25) is 10.1 Å². The molecule has 0 saturated heterocycles. The lowest BCUT2D eigenvalue weighted by Crippen LogP contribution is -2.44. The van der Waals surface area contributed by atoms with Crippen molar-refractivity contribution in [2.75, 3.05) is 6.61 Å². The monoisotopic (exact) mass is 298 g/mol. The first-order valence-corrected chi connectivity index (χ1v) is 6.05. The molecule has 0 aliphatic carbocycles. The molecule has 3 amide bonds. The Balaban J connectivity index is 2.63. The van der Waals surface area contributed by atoms with Gasteiger partial charge < -0.3 is 15.2 Å².